The van der Waals surface area contributed by atoms with Crippen molar-refractivity contribution in [1.29, 1.82) is 0 Å². The SMILES string of the molecule is O=C(CN1C(=O)[C@@H]2CC=CC[C@H]2C1=O)NCc1cccc(C(F)(F)F)c1. The fraction of sp³-hybridized carbons (Fsp3) is 0.389. The number of carbonyl (C=O) groups excluding carboxylic acids is 3. The van der Waals surface area contributed by atoms with Gasteiger partial charge in [0.15, 0.2) is 0 Å². The number of benzene rings is 1. The molecule has 0 saturated carbocycles. The molecule has 0 radical (unpaired) electrons. The minimum atomic E-state index is -4.46. The zero-order chi connectivity index (χ0) is 18.9. The molecule has 0 bridgehead atoms. The molecule has 3 amide bonds. The van der Waals surface area contributed by atoms with Gasteiger partial charge in [-0.3, -0.25) is 19.3 Å². The lowest BCUT2D eigenvalue weighted by molar-refractivity contribution is -0.143. The topological polar surface area (TPSA) is 66.5 Å². The number of rotatable bonds is 4. The first-order valence-corrected chi connectivity index (χ1v) is 8.20. The van der Waals surface area contributed by atoms with E-state index < -0.39 is 36.0 Å². The number of fused-ring (bicyclic) bond motifs is 1. The lowest BCUT2D eigenvalue weighted by Crippen LogP contribution is -2.40. The quantitative estimate of drug-likeness (QED) is 0.657. The highest BCUT2D eigenvalue weighted by molar-refractivity contribution is 6.07. The molecule has 1 fully saturated rings. The molecule has 5 nitrogen and oxygen atoms in total. The van der Waals surface area contributed by atoms with Crippen molar-refractivity contribution in [2.75, 3.05) is 6.54 Å². The molecule has 1 aromatic rings. The number of alkyl halides is 3. The van der Waals surface area contributed by atoms with Gasteiger partial charge in [0.05, 0.1) is 17.4 Å². The van der Waals surface area contributed by atoms with Crippen LogP contribution in [0.5, 0.6) is 0 Å². The van der Waals surface area contributed by atoms with E-state index in [4.69, 9.17) is 0 Å². The van der Waals surface area contributed by atoms with Crippen LogP contribution < -0.4 is 5.32 Å². The summed E-state index contributed by atoms with van der Waals surface area (Å²) in [6, 6.07) is 4.62. The molecule has 0 unspecified atom stereocenters. The van der Waals surface area contributed by atoms with E-state index in [0.29, 0.717) is 12.8 Å². The van der Waals surface area contributed by atoms with Gasteiger partial charge in [0.2, 0.25) is 17.7 Å². The van der Waals surface area contributed by atoms with Gasteiger partial charge in [0.25, 0.3) is 0 Å². The minimum Gasteiger partial charge on any atom is -0.350 e. The molecule has 1 aliphatic heterocycles. The van der Waals surface area contributed by atoms with Crippen LogP contribution in [0.1, 0.15) is 24.0 Å². The maximum atomic E-state index is 12.7. The highest BCUT2D eigenvalue weighted by atomic mass is 19.4. The Morgan fingerprint density at radius 2 is 1.73 bits per heavy atom. The van der Waals surface area contributed by atoms with Gasteiger partial charge < -0.3 is 5.32 Å². The maximum Gasteiger partial charge on any atom is 0.416 e. The van der Waals surface area contributed by atoms with Gasteiger partial charge in [-0.15, -0.1) is 0 Å². The van der Waals surface area contributed by atoms with Crippen molar-refractivity contribution in [3.05, 3.63) is 47.5 Å². The largest absolute Gasteiger partial charge is 0.416 e. The normalized spacial score (nSPS) is 22.5. The molecule has 1 saturated heterocycles. The summed E-state index contributed by atoms with van der Waals surface area (Å²) in [6.45, 7) is -0.531. The maximum absolute atomic E-state index is 12.7. The lowest BCUT2D eigenvalue weighted by Gasteiger charge is -2.15. The molecule has 0 spiro atoms. The Bertz CT molecular complexity index is 747. The van der Waals surface area contributed by atoms with E-state index in [-0.39, 0.29) is 23.9 Å². The smallest absolute Gasteiger partial charge is 0.350 e. The van der Waals surface area contributed by atoms with Crippen molar-refractivity contribution in [3.8, 4) is 0 Å². The Balaban J connectivity index is 1.58. The van der Waals surface area contributed by atoms with Gasteiger partial charge in [-0.05, 0) is 30.5 Å². The highest BCUT2D eigenvalue weighted by Crippen LogP contribution is 2.34. The average Bonchev–Trinajstić information content (AvgIpc) is 2.85. The molecule has 1 heterocycles. The molecule has 8 heteroatoms. The fourth-order valence-electron chi connectivity index (χ4n) is 3.28. The fourth-order valence-corrected chi connectivity index (χ4v) is 3.28. The number of carbonyl (C=O) groups is 3. The molecule has 138 valence electrons. The van der Waals surface area contributed by atoms with Crippen molar-refractivity contribution >= 4 is 17.7 Å². The van der Waals surface area contributed by atoms with E-state index in [0.717, 1.165) is 17.0 Å². The Morgan fingerprint density at radius 1 is 1.12 bits per heavy atom. The second-order valence-electron chi connectivity index (χ2n) is 6.39. The summed E-state index contributed by atoms with van der Waals surface area (Å²) in [6.07, 6.45) is 0.209. The Labute approximate surface area is 147 Å². The molecular weight excluding hydrogens is 349 g/mol. The average molecular weight is 366 g/mol. The molecule has 3 rings (SSSR count). The van der Waals surface area contributed by atoms with Crippen LogP contribution in [0.3, 0.4) is 0 Å². The number of allylic oxidation sites excluding steroid dienone is 2. The van der Waals surface area contributed by atoms with E-state index >= 15 is 0 Å². The van der Waals surface area contributed by atoms with Crippen LogP contribution in [0.25, 0.3) is 0 Å². The van der Waals surface area contributed by atoms with Crippen LogP contribution >= 0.6 is 0 Å². The summed E-state index contributed by atoms with van der Waals surface area (Å²) in [5.41, 5.74) is -0.518. The number of nitrogens with zero attached hydrogens (tertiary/aromatic N) is 1. The van der Waals surface area contributed by atoms with Crippen molar-refractivity contribution in [3.63, 3.8) is 0 Å². The summed E-state index contributed by atoms with van der Waals surface area (Å²) in [4.78, 5) is 37.6. The van der Waals surface area contributed by atoms with Crippen LogP contribution in [0.15, 0.2) is 36.4 Å². The van der Waals surface area contributed by atoms with Gasteiger partial charge in [-0.2, -0.15) is 13.2 Å². The van der Waals surface area contributed by atoms with Gasteiger partial charge in [0, 0.05) is 6.54 Å². The molecule has 2 atom stereocenters. The zero-order valence-electron chi connectivity index (χ0n) is 13.8. The first kappa shape index (κ1) is 18.2. The van der Waals surface area contributed by atoms with E-state index in [1.807, 2.05) is 12.2 Å². The van der Waals surface area contributed by atoms with Crippen molar-refractivity contribution in [2.45, 2.75) is 25.6 Å². The van der Waals surface area contributed by atoms with E-state index in [1.54, 1.807) is 0 Å². The predicted octanol–water partition coefficient (Wildman–Crippen LogP) is 2.27. The van der Waals surface area contributed by atoms with Crippen LogP contribution in [-0.2, 0) is 27.1 Å². The third-order valence-corrected chi connectivity index (χ3v) is 4.64. The molecule has 1 N–H and O–H groups in total. The second kappa shape index (κ2) is 6.93. The Hall–Kier alpha value is -2.64. The predicted molar refractivity (Wildman–Crippen MR) is 85.4 cm³/mol. The summed E-state index contributed by atoms with van der Waals surface area (Å²) in [5, 5.41) is 2.46. The number of hydrogen-bond donors (Lipinski definition) is 1. The molecule has 2 aliphatic rings. The first-order valence-electron chi connectivity index (χ1n) is 8.20. The number of nitrogens with one attached hydrogen (secondary N) is 1. The summed E-state index contributed by atoms with van der Waals surface area (Å²) in [5.74, 6) is -2.14. The summed E-state index contributed by atoms with van der Waals surface area (Å²) >= 11 is 0. The third kappa shape index (κ3) is 3.63. The van der Waals surface area contributed by atoms with Gasteiger partial charge in [0.1, 0.15) is 6.54 Å². The summed E-state index contributed by atoms with van der Waals surface area (Å²) in [7, 11) is 0. The van der Waals surface area contributed by atoms with E-state index in [9.17, 15) is 27.6 Å². The number of imide groups is 1. The molecule has 0 aromatic heterocycles. The Morgan fingerprint density at radius 3 is 2.31 bits per heavy atom. The van der Waals surface area contributed by atoms with Crippen LogP contribution in [0, 0.1) is 11.8 Å². The van der Waals surface area contributed by atoms with E-state index in [1.165, 1.54) is 12.1 Å². The number of halogens is 3. The highest BCUT2D eigenvalue weighted by Gasteiger charge is 2.47. The van der Waals surface area contributed by atoms with Crippen LogP contribution in [0.2, 0.25) is 0 Å². The standard InChI is InChI=1S/C18H17F3N2O3/c19-18(20,21)12-5-3-4-11(8-12)9-22-15(24)10-23-16(25)13-6-1-2-7-14(13)17(23)26/h1-5,8,13-14H,6-7,9-10H2,(H,22,24)/t13-,14-/m1/s1. The van der Waals surface area contributed by atoms with Crippen LogP contribution in [0.4, 0.5) is 13.2 Å². The second-order valence-corrected chi connectivity index (χ2v) is 6.39. The van der Waals surface area contributed by atoms with Crippen molar-refractivity contribution in [1.82, 2.24) is 10.2 Å². The molecular formula is C18H17F3N2O3. The van der Waals surface area contributed by atoms with Gasteiger partial charge in [-0.25, -0.2) is 0 Å². The lowest BCUT2D eigenvalue weighted by atomic mass is 9.85. The monoisotopic (exact) mass is 366 g/mol. The molecule has 26 heavy (non-hydrogen) atoms. The zero-order valence-corrected chi connectivity index (χ0v) is 13.8. The van der Waals surface area contributed by atoms with E-state index in [2.05, 4.69) is 5.32 Å². The number of likely N-dealkylation sites (tertiary alicyclic amines) is 1. The van der Waals surface area contributed by atoms with Crippen LogP contribution in [-0.4, -0.2) is 29.2 Å². The van der Waals surface area contributed by atoms with Crippen molar-refractivity contribution < 1.29 is 27.6 Å². The third-order valence-electron chi connectivity index (χ3n) is 4.64. The van der Waals surface area contributed by atoms with Crippen molar-refractivity contribution in [2.24, 2.45) is 11.8 Å². The first-order chi connectivity index (χ1) is 12.3. The number of hydrogen-bond acceptors (Lipinski definition) is 3. The molecule has 1 aromatic carbocycles. The van der Waals surface area contributed by atoms with Gasteiger partial charge in [-0.1, -0.05) is 24.3 Å². The summed E-state index contributed by atoms with van der Waals surface area (Å²) < 4.78 is 38.1. The molecule has 1 aliphatic carbocycles. The minimum absolute atomic E-state index is 0.118. The van der Waals surface area contributed by atoms with Gasteiger partial charge >= 0.3 is 6.18 Å². The Kier molecular flexibility index (Phi) is 4.84. The number of amides is 3.